The Morgan fingerprint density at radius 2 is 1.14 bits per heavy atom. The fourth-order valence-electron chi connectivity index (χ4n) is 6.87. The first-order valence-electron chi connectivity index (χ1n) is 19.9. The SMILES string of the molecule is CCS(=O)(=O)c1ccc(CC(=O)O)cc1.CCS(=O)(=O)c1ccc(Cc2nc3c(Cl)c(N4CCC(F)(F)CC4)c(Cl)cc3[nH]2)cc1.Nc1cc(Cl)c(N2CCC(F)(F)CC2)c(Cl)c1N. The number of aliphatic carboxylic acids is 1. The van der Waals surface area contributed by atoms with Gasteiger partial charge in [-0.1, -0.05) is 84.5 Å². The van der Waals surface area contributed by atoms with E-state index in [4.69, 9.17) is 63.0 Å². The fourth-order valence-corrected chi connectivity index (χ4v) is 10.1. The van der Waals surface area contributed by atoms with Gasteiger partial charge in [-0.3, -0.25) is 4.79 Å². The summed E-state index contributed by atoms with van der Waals surface area (Å²) < 4.78 is 100. The molecule has 12 nitrogen and oxygen atoms in total. The van der Waals surface area contributed by atoms with Crippen LogP contribution in [0.15, 0.2) is 70.5 Å². The maximum Gasteiger partial charge on any atom is 0.307 e. The highest BCUT2D eigenvalue weighted by Gasteiger charge is 2.37. The maximum absolute atomic E-state index is 13.5. The zero-order valence-electron chi connectivity index (χ0n) is 34.6. The number of carbonyl (C=O) groups is 1. The number of hydrogen-bond acceptors (Lipinski definition) is 10. The number of benzene rings is 4. The molecule has 0 spiro atoms. The Kier molecular flexibility index (Phi) is 16.3. The molecule has 2 saturated heterocycles. The van der Waals surface area contributed by atoms with Crippen molar-refractivity contribution in [2.24, 2.45) is 0 Å². The van der Waals surface area contributed by atoms with Crippen LogP contribution >= 0.6 is 46.4 Å². The summed E-state index contributed by atoms with van der Waals surface area (Å²) in [5, 5.41) is 9.80. The van der Waals surface area contributed by atoms with Crippen LogP contribution in [0.5, 0.6) is 0 Å². The van der Waals surface area contributed by atoms with E-state index in [1.54, 1.807) is 54.0 Å². The van der Waals surface area contributed by atoms with E-state index in [1.807, 2.05) is 0 Å². The summed E-state index contributed by atoms with van der Waals surface area (Å²) in [5.74, 6) is -5.47. The molecule has 1 aromatic heterocycles. The Balaban J connectivity index is 0.000000198. The van der Waals surface area contributed by atoms with Crippen LogP contribution in [0.2, 0.25) is 20.1 Å². The second kappa shape index (κ2) is 20.5. The van der Waals surface area contributed by atoms with Gasteiger partial charge in [-0.05, 0) is 47.5 Å². The number of fused-ring (bicyclic) bond motifs is 1. The monoisotopic (exact) mass is 1010 g/mol. The number of anilines is 4. The quantitative estimate of drug-likeness (QED) is 0.0769. The third-order valence-electron chi connectivity index (χ3n) is 10.6. The number of alkyl halides is 4. The number of H-pyrrole nitrogens is 1. The molecule has 0 aliphatic carbocycles. The van der Waals surface area contributed by atoms with Crippen LogP contribution in [0.4, 0.5) is 40.3 Å². The summed E-state index contributed by atoms with van der Waals surface area (Å²) in [6.07, 6.45) is -0.568. The number of hydrogen-bond donors (Lipinski definition) is 4. The summed E-state index contributed by atoms with van der Waals surface area (Å²) in [6, 6.07) is 15.8. The van der Waals surface area contributed by atoms with Crippen LogP contribution in [0, 0.1) is 0 Å². The van der Waals surface area contributed by atoms with E-state index in [0.29, 0.717) is 55.3 Å². The van der Waals surface area contributed by atoms with Gasteiger partial charge in [-0.15, -0.1) is 0 Å². The van der Waals surface area contributed by atoms with E-state index < -0.39 is 37.5 Å². The summed E-state index contributed by atoms with van der Waals surface area (Å²) in [5.41, 5.74) is 15.5. The Morgan fingerprint density at radius 3 is 1.58 bits per heavy atom. The van der Waals surface area contributed by atoms with E-state index in [-0.39, 0.29) is 96.0 Å². The second-order valence-electron chi connectivity index (χ2n) is 15.2. The van der Waals surface area contributed by atoms with Gasteiger partial charge in [-0.2, -0.15) is 0 Å². The molecule has 3 heterocycles. The van der Waals surface area contributed by atoms with Crippen LogP contribution in [-0.2, 0) is 37.3 Å². The van der Waals surface area contributed by atoms with Crippen LogP contribution in [0.1, 0.15) is 56.5 Å². The molecule has 5 aromatic rings. The van der Waals surface area contributed by atoms with Crippen molar-refractivity contribution >= 4 is 106 Å². The second-order valence-corrected chi connectivity index (χ2v) is 21.3. The molecular formula is C42H46Cl4F4N6O6S2. The van der Waals surface area contributed by atoms with E-state index >= 15 is 0 Å². The topological polar surface area (TPSA) is 193 Å². The van der Waals surface area contributed by atoms with Crippen molar-refractivity contribution in [3.05, 3.63) is 97.7 Å². The van der Waals surface area contributed by atoms with Crippen molar-refractivity contribution in [2.75, 3.05) is 59.0 Å². The van der Waals surface area contributed by atoms with Crippen molar-refractivity contribution < 1.29 is 44.3 Å². The molecule has 0 radical (unpaired) electrons. The molecule has 2 aliphatic heterocycles. The van der Waals surface area contributed by atoms with Crippen molar-refractivity contribution in [1.29, 1.82) is 0 Å². The normalized spacial score (nSPS) is 16.1. The number of carboxylic acid groups (broad SMARTS) is 1. The summed E-state index contributed by atoms with van der Waals surface area (Å²) in [6.45, 7) is 3.90. The molecule has 4 aromatic carbocycles. The number of nitrogens with zero attached hydrogens (tertiary/aromatic N) is 3. The van der Waals surface area contributed by atoms with Gasteiger partial charge in [0.05, 0.1) is 76.1 Å². The van der Waals surface area contributed by atoms with Crippen LogP contribution in [0.25, 0.3) is 11.0 Å². The lowest BCUT2D eigenvalue weighted by Gasteiger charge is -2.34. The highest BCUT2D eigenvalue weighted by atomic mass is 35.5. The van der Waals surface area contributed by atoms with Gasteiger partial charge in [0, 0.05) is 58.3 Å². The molecule has 2 fully saturated rings. The first-order chi connectivity index (χ1) is 29.9. The Labute approximate surface area is 388 Å². The minimum absolute atomic E-state index is 0.0469. The van der Waals surface area contributed by atoms with Crippen molar-refractivity contribution in [1.82, 2.24) is 9.97 Å². The van der Waals surface area contributed by atoms with Gasteiger partial charge in [0.1, 0.15) is 11.3 Å². The van der Waals surface area contributed by atoms with Gasteiger partial charge in [0.25, 0.3) is 11.8 Å². The van der Waals surface area contributed by atoms with Crippen molar-refractivity contribution in [3.63, 3.8) is 0 Å². The average Bonchev–Trinajstić information content (AvgIpc) is 3.64. The third-order valence-corrected chi connectivity index (χ3v) is 15.4. The van der Waals surface area contributed by atoms with Gasteiger partial charge in [0.2, 0.25) is 0 Å². The number of nitrogens with two attached hydrogens (primary N) is 2. The largest absolute Gasteiger partial charge is 0.481 e. The molecule has 2 aliphatic rings. The highest BCUT2D eigenvalue weighted by molar-refractivity contribution is 7.91. The van der Waals surface area contributed by atoms with Crippen LogP contribution in [0.3, 0.4) is 0 Å². The van der Waals surface area contributed by atoms with Crippen LogP contribution in [-0.4, -0.2) is 87.4 Å². The predicted molar refractivity (Wildman–Crippen MR) is 247 cm³/mol. The molecule has 7 rings (SSSR count). The molecule has 0 bridgehead atoms. The first kappa shape index (κ1) is 50.8. The summed E-state index contributed by atoms with van der Waals surface area (Å²) in [7, 11) is -6.44. The molecule has 64 heavy (non-hydrogen) atoms. The Bertz CT molecular complexity index is 2690. The standard InChI is InChI=1S/C21H21Cl2F2N3O2S.C11H13Cl2F2N3.C10H12O4S/c1-2-31(29,30)14-5-3-13(4-6-14)11-17-26-16-12-15(22)20(18(23)19(16)27-17)28-9-7-21(24,25)8-10-28;12-6-5-7(16)9(17)8(13)10(6)18-3-1-11(14,15)2-4-18;1-2-15(13,14)9-5-3-8(4-6-9)7-10(11)12/h3-6,12H,2,7-11H2,1H3,(H,26,27);5H,1-4,16-17H2;3-6H,2,7H2,1H3,(H,11,12). The van der Waals surface area contributed by atoms with Gasteiger partial charge in [-0.25, -0.2) is 39.4 Å². The number of halogens is 8. The third kappa shape index (κ3) is 12.6. The van der Waals surface area contributed by atoms with Gasteiger partial charge in [0.15, 0.2) is 19.7 Å². The molecule has 348 valence electrons. The minimum Gasteiger partial charge on any atom is -0.481 e. The molecule has 22 heteroatoms. The lowest BCUT2D eigenvalue weighted by atomic mass is 10.1. The summed E-state index contributed by atoms with van der Waals surface area (Å²) in [4.78, 5) is 22.2. The number of sulfone groups is 2. The predicted octanol–water partition coefficient (Wildman–Crippen LogP) is 9.99. The Hall–Kier alpha value is -4.20. The smallest absolute Gasteiger partial charge is 0.307 e. The zero-order chi connectivity index (χ0) is 47.4. The summed E-state index contributed by atoms with van der Waals surface area (Å²) >= 11 is 25.2. The van der Waals surface area contributed by atoms with E-state index in [1.165, 1.54) is 30.3 Å². The number of aromatic nitrogens is 2. The average molecular weight is 1010 g/mol. The lowest BCUT2D eigenvalue weighted by Crippen LogP contribution is -2.39. The maximum atomic E-state index is 13.5. The number of imidazole rings is 1. The van der Waals surface area contributed by atoms with Gasteiger partial charge >= 0.3 is 5.97 Å². The number of piperidine rings is 2. The molecule has 0 amide bonds. The van der Waals surface area contributed by atoms with Crippen molar-refractivity contribution in [2.45, 2.75) is 74.0 Å². The number of nitrogens with one attached hydrogen (secondary N) is 1. The number of carboxylic acids is 1. The highest BCUT2D eigenvalue weighted by Crippen LogP contribution is 2.44. The number of rotatable bonds is 10. The fraction of sp³-hybridized carbons (Fsp3) is 0.381. The van der Waals surface area contributed by atoms with E-state index in [2.05, 4.69) is 9.97 Å². The molecule has 6 N–H and O–H groups in total. The lowest BCUT2D eigenvalue weighted by molar-refractivity contribution is -0.136. The molecular weight excluding hydrogens is 966 g/mol. The molecule has 0 saturated carbocycles. The molecule has 0 atom stereocenters. The number of nitrogen functional groups attached to an aromatic ring is 2. The van der Waals surface area contributed by atoms with Gasteiger partial charge < -0.3 is 31.4 Å². The Morgan fingerprint density at radius 1 is 0.719 bits per heavy atom. The van der Waals surface area contributed by atoms with E-state index in [9.17, 15) is 39.2 Å². The zero-order valence-corrected chi connectivity index (χ0v) is 39.2. The molecule has 0 unspecified atom stereocenters. The van der Waals surface area contributed by atoms with E-state index in [0.717, 1.165) is 5.56 Å². The minimum atomic E-state index is -3.25. The van der Waals surface area contributed by atoms with Crippen molar-refractivity contribution in [3.8, 4) is 0 Å². The first-order valence-corrected chi connectivity index (χ1v) is 24.7. The number of aromatic amines is 1. The van der Waals surface area contributed by atoms with Crippen LogP contribution < -0.4 is 21.3 Å².